The summed E-state index contributed by atoms with van der Waals surface area (Å²) in [7, 11) is 0. The van der Waals surface area contributed by atoms with E-state index in [0.717, 1.165) is 11.4 Å². The van der Waals surface area contributed by atoms with Crippen LogP contribution in [0.4, 0.5) is 0 Å². The molecule has 0 radical (unpaired) electrons. The van der Waals surface area contributed by atoms with Crippen molar-refractivity contribution in [3.8, 4) is 11.4 Å². The molecule has 3 aromatic rings. The molecular formula is C19H15BrClNO3. The Morgan fingerprint density at radius 1 is 1.20 bits per heavy atom. The Hall–Kier alpha value is -2.11. The van der Waals surface area contributed by atoms with E-state index < -0.39 is 0 Å². The van der Waals surface area contributed by atoms with Gasteiger partial charge in [0.15, 0.2) is 11.6 Å². The summed E-state index contributed by atoms with van der Waals surface area (Å²) in [5.41, 5.74) is 2.99. The number of halogens is 2. The van der Waals surface area contributed by atoms with Crippen LogP contribution in [0.3, 0.4) is 0 Å². The number of Topliss-reactive ketones (excluding diaryl/α,β-unsaturated/α-hetero) is 2. The predicted octanol–water partition coefficient (Wildman–Crippen LogP) is 5.08. The summed E-state index contributed by atoms with van der Waals surface area (Å²) < 4.78 is 1.90. The fourth-order valence-electron chi connectivity index (χ4n) is 3.11. The van der Waals surface area contributed by atoms with Crippen LogP contribution in [0.5, 0.6) is 5.75 Å². The van der Waals surface area contributed by atoms with Gasteiger partial charge in [0, 0.05) is 27.4 Å². The number of ketones is 2. The summed E-state index contributed by atoms with van der Waals surface area (Å²) in [6.45, 7) is 3.33. The highest BCUT2D eigenvalue weighted by atomic mass is 79.9. The zero-order valence-corrected chi connectivity index (χ0v) is 16.0. The molecule has 0 spiro atoms. The Balaban J connectivity index is 2.42. The second kappa shape index (κ2) is 6.65. The van der Waals surface area contributed by atoms with Gasteiger partial charge in [0.05, 0.1) is 16.4 Å². The quantitative estimate of drug-likeness (QED) is 0.473. The van der Waals surface area contributed by atoms with Gasteiger partial charge in [0.2, 0.25) is 0 Å². The Morgan fingerprint density at radius 3 is 2.40 bits per heavy atom. The Labute approximate surface area is 158 Å². The van der Waals surface area contributed by atoms with Crippen molar-refractivity contribution in [2.45, 2.75) is 13.8 Å². The highest BCUT2D eigenvalue weighted by Crippen LogP contribution is 2.34. The maximum absolute atomic E-state index is 12.2. The molecule has 1 aromatic heterocycles. The number of hydrogen-bond donors (Lipinski definition) is 1. The summed E-state index contributed by atoms with van der Waals surface area (Å²) >= 11 is 9.10. The van der Waals surface area contributed by atoms with Crippen molar-refractivity contribution in [1.82, 2.24) is 4.57 Å². The van der Waals surface area contributed by atoms with Crippen molar-refractivity contribution in [3.05, 3.63) is 58.2 Å². The highest BCUT2D eigenvalue weighted by molar-refractivity contribution is 9.09. The first-order valence-corrected chi connectivity index (χ1v) is 9.09. The van der Waals surface area contributed by atoms with Crippen molar-refractivity contribution in [2.24, 2.45) is 0 Å². The molecule has 0 unspecified atom stereocenters. The summed E-state index contributed by atoms with van der Waals surface area (Å²) in [6.07, 6.45) is 0. The fraction of sp³-hybridized carbons (Fsp3) is 0.158. The monoisotopic (exact) mass is 419 g/mol. The molecule has 0 saturated heterocycles. The van der Waals surface area contributed by atoms with E-state index in [1.54, 1.807) is 18.2 Å². The van der Waals surface area contributed by atoms with Gasteiger partial charge in [-0.1, -0.05) is 27.5 Å². The number of hydrogen-bond acceptors (Lipinski definition) is 3. The van der Waals surface area contributed by atoms with Crippen LogP contribution in [0.1, 0.15) is 33.3 Å². The van der Waals surface area contributed by atoms with Gasteiger partial charge in [-0.05, 0) is 50.2 Å². The zero-order valence-electron chi connectivity index (χ0n) is 13.6. The standard InChI is InChI=1S/C19H15BrClNO3/c1-10-19(11(2)23)14-8-17(24)15(18(25)9-20)7-16(14)22(10)13-5-3-12(21)4-6-13/h3-8,24H,9H2,1-2H3. The number of rotatable bonds is 4. The van der Waals surface area contributed by atoms with Gasteiger partial charge in [-0.25, -0.2) is 0 Å². The number of carbonyl (C=O) groups excluding carboxylic acids is 2. The number of nitrogens with zero attached hydrogens (tertiary/aromatic N) is 1. The molecule has 25 heavy (non-hydrogen) atoms. The average Bonchev–Trinajstić information content (AvgIpc) is 2.85. The lowest BCUT2D eigenvalue weighted by atomic mass is 10.0. The first-order chi connectivity index (χ1) is 11.8. The number of phenols is 1. The smallest absolute Gasteiger partial charge is 0.177 e. The number of benzene rings is 2. The van der Waals surface area contributed by atoms with Gasteiger partial charge < -0.3 is 9.67 Å². The topological polar surface area (TPSA) is 59.3 Å². The van der Waals surface area contributed by atoms with Crippen molar-refractivity contribution in [2.75, 3.05) is 5.33 Å². The van der Waals surface area contributed by atoms with Crippen molar-refractivity contribution >= 4 is 50.0 Å². The molecule has 2 aromatic carbocycles. The van der Waals surface area contributed by atoms with Gasteiger partial charge in [-0.2, -0.15) is 0 Å². The lowest BCUT2D eigenvalue weighted by molar-refractivity contribution is 0.101. The minimum Gasteiger partial charge on any atom is -0.507 e. The minimum absolute atomic E-state index is 0.103. The summed E-state index contributed by atoms with van der Waals surface area (Å²) in [4.78, 5) is 24.3. The molecule has 0 fully saturated rings. The molecule has 0 aliphatic heterocycles. The third-order valence-corrected chi connectivity index (χ3v) is 4.94. The third-order valence-electron chi connectivity index (χ3n) is 4.18. The third kappa shape index (κ3) is 2.98. The molecule has 1 heterocycles. The van der Waals surface area contributed by atoms with E-state index in [2.05, 4.69) is 15.9 Å². The molecule has 0 aliphatic carbocycles. The first kappa shape index (κ1) is 17.7. The lowest BCUT2D eigenvalue weighted by Gasteiger charge is -2.10. The molecule has 0 amide bonds. The van der Waals surface area contributed by atoms with Crippen LogP contribution < -0.4 is 0 Å². The van der Waals surface area contributed by atoms with Crippen molar-refractivity contribution < 1.29 is 14.7 Å². The highest BCUT2D eigenvalue weighted by Gasteiger charge is 2.22. The SMILES string of the molecule is CC(=O)c1c(C)n(-c2ccc(Cl)cc2)c2cc(C(=O)CBr)c(O)cc12. The second-order valence-corrected chi connectivity index (χ2v) is 6.77. The van der Waals surface area contributed by atoms with E-state index >= 15 is 0 Å². The maximum atomic E-state index is 12.2. The number of phenolic OH excluding ortho intramolecular Hbond substituents is 1. The van der Waals surface area contributed by atoms with E-state index in [9.17, 15) is 14.7 Å². The molecule has 1 N–H and O–H groups in total. The van der Waals surface area contributed by atoms with Crippen LogP contribution in [-0.2, 0) is 0 Å². The van der Waals surface area contributed by atoms with Gasteiger partial charge in [-0.3, -0.25) is 9.59 Å². The van der Waals surface area contributed by atoms with Crippen LogP contribution in [0.15, 0.2) is 36.4 Å². The van der Waals surface area contributed by atoms with Crippen LogP contribution >= 0.6 is 27.5 Å². The maximum Gasteiger partial charge on any atom is 0.177 e. The summed E-state index contributed by atoms with van der Waals surface area (Å²) in [5, 5.41) is 11.6. The normalized spacial score (nSPS) is 11.0. The molecule has 0 aliphatic rings. The molecule has 0 saturated carbocycles. The average molecular weight is 421 g/mol. The molecule has 0 bridgehead atoms. The number of carbonyl (C=O) groups is 2. The summed E-state index contributed by atoms with van der Waals surface area (Å²) in [6, 6.07) is 10.3. The molecule has 4 nitrogen and oxygen atoms in total. The number of aromatic hydroxyl groups is 1. The van der Waals surface area contributed by atoms with Crippen LogP contribution in [-0.4, -0.2) is 26.6 Å². The van der Waals surface area contributed by atoms with E-state index in [0.29, 0.717) is 21.5 Å². The second-order valence-electron chi connectivity index (χ2n) is 5.77. The Kier molecular flexibility index (Phi) is 4.71. The Bertz CT molecular complexity index is 1010. The molecule has 3 rings (SSSR count). The van der Waals surface area contributed by atoms with E-state index in [1.165, 1.54) is 13.0 Å². The van der Waals surface area contributed by atoms with E-state index in [4.69, 9.17) is 11.6 Å². The number of fused-ring (bicyclic) bond motifs is 1. The zero-order chi connectivity index (χ0) is 18.3. The van der Waals surface area contributed by atoms with Crippen LogP contribution in [0.2, 0.25) is 5.02 Å². The minimum atomic E-state index is -0.231. The van der Waals surface area contributed by atoms with Crippen LogP contribution in [0, 0.1) is 6.92 Å². The first-order valence-electron chi connectivity index (χ1n) is 7.59. The lowest BCUT2D eigenvalue weighted by Crippen LogP contribution is -2.02. The van der Waals surface area contributed by atoms with Crippen LogP contribution in [0.25, 0.3) is 16.6 Å². The number of aromatic nitrogens is 1. The summed E-state index contributed by atoms with van der Waals surface area (Å²) in [5.74, 6) is -0.466. The molecular weight excluding hydrogens is 406 g/mol. The van der Waals surface area contributed by atoms with Crippen molar-refractivity contribution in [1.29, 1.82) is 0 Å². The predicted molar refractivity (Wildman–Crippen MR) is 103 cm³/mol. The largest absolute Gasteiger partial charge is 0.507 e. The molecule has 0 atom stereocenters. The molecule has 128 valence electrons. The van der Waals surface area contributed by atoms with Gasteiger partial charge in [0.1, 0.15) is 5.75 Å². The van der Waals surface area contributed by atoms with Gasteiger partial charge in [-0.15, -0.1) is 0 Å². The fourth-order valence-corrected chi connectivity index (χ4v) is 3.54. The van der Waals surface area contributed by atoms with E-state index in [-0.39, 0.29) is 28.2 Å². The van der Waals surface area contributed by atoms with Gasteiger partial charge >= 0.3 is 0 Å². The number of alkyl halides is 1. The van der Waals surface area contributed by atoms with Gasteiger partial charge in [0.25, 0.3) is 0 Å². The van der Waals surface area contributed by atoms with E-state index in [1.807, 2.05) is 23.6 Å². The Morgan fingerprint density at radius 2 is 1.84 bits per heavy atom. The molecule has 6 heteroatoms. The van der Waals surface area contributed by atoms with Crippen molar-refractivity contribution in [3.63, 3.8) is 0 Å².